The first-order valence-electron chi connectivity index (χ1n) is 12.0. The second kappa shape index (κ2) is 10.8. The average molecular weight is 487 g/mol. The summed E-state index contributed by atoms with van der Waals surface area (Å²) in [6.45, 7) is 13.4. The Balaban J connectivity index is 1.89. The number of aliphatic hydroxyl groups excluding tert-OH is 1. The molecule has 3 rings (SSSR count). The summed E-state index contributed by atoms with van der Waals surface area (Å²) in [5, 5.41) is 10.7. The van der Waals surface area contributed by atoms with Crippen LogP contribution in [0, 0.1) is 12.8 Å². The molecule has 0 amide bonds. The van der Waals surface area contributed by atoms with Gasteiger partial charge in [-0.3, -0.25) is 13.9 Å². The largest absolute Gasteiger partial charge is 0.491 e. The van der Waals surface area contributed by atoms with Crippen molar-refractivity contribution in [2.45, 2.75) is 72.7 Å². The topological polar surface area (TPSA) is 101 Å². The molecule has 0 aliphatic carbocycles. The Bertz CT molecular complexity index is 1280. The minimum atomic E-state index is -1.05. The van der Waals surface area contributed by atoms with Gasteiger partial charge in [0.1, 0.15) is 18.5 Å². The van der Waals surface area contributed by atoms with E-state index in [9.17, 15) is 14.7 Å². The van der Waals surface area contributed by atoms with E-state index in [1.807, 2.05) is 32.9 Å². The monoisotopic (exact) mass is 486 g/mol. The first kappa shape index (κ1) is 26.7. The number of aromatic nitrogens is 4. The molecular formula is C26H38N4O5. The molecule has 0 bridgehead atoms. The zero-order chi connectivity index (χ0) is 25.9. The third-order valence-corrected chi connectivity index (χ3v) is 5.93. The molecule has 0 radical (unpaired) electrons. The Morgan fingerprint density at radius 3 is 2.43 bits per heavy atom. The second-order valence-corrected chi connectivity index (χ2v) is 10.5. The van der Waals surface area contributed by atoms with Gasteiger partial charge in [0.25, 0.3) is 5.56 Å². The van der Waals surface area contributed by atoms with E-state index in [4.69, 9.17) is 9.47 Å². The highest BCUT2D eigenvalue weighted by atomic mass is 16.5. The van der Waals surface area contributed by atoms with Crippen LogP contribution in [0.2, 0.25) is 0 Å². The fourth-order valence-corrected chi connectivity index (χ4v) is 4.02. The van der Waals surface area contributed by atoms with Crippen molar-refractivity contribution in [1.82, 2.24) is 18.7 Å². The van der Waals surface area contributed by atoms with Gasteiger partial charge in [-0.05, 0) is 35.4 Å². The number of methoxy groups -OCH3 is 1. The quantitative estimate of drug-likeness (QED) is 0.473. The number of fused-ring (bicyclic) bond motifs is 1. The SMILES string of the molecule is COCCn1cnc2c1c(=O)n(CC(O)COc1ccc(C(C)(C)C)cc1C)c(=O)n2CC(C)C. The lowest BCUT2D eigenvalue weighted by Crippen LogP contribution is -2.44. The smallest absolute Gasteiger partial charge is 0.332 e. The lowest BCUT2D eigenvalue weighted by molar-refractivity contribution is 0.0897. The highest BCUT2D eigenvalue weighted by Gasteiger charge is 2.21. The van der Waals surface area contributed by atoms with Gasteiger partial charge >= 0.3 is 5.69 Å². The molecule has 192 valence electrons. The number of aryl methyl sites for hydroxylation is 1. The van der Waals surface area contributed by atoms with E-state index in [0.717, 1.165) is 10.1 Å². The van der Waals surface area contributed by atoms with Crippen molar-refractivity contribution >= 4 is 11.2 Å². The van der Waals surface area contributed by atoms with E-state index < -0.39 is 17.4 Å². The van der Waals surface area contributed by atoms with Crippen LogP contribution in [0.4, 0.5) is 0 Å². The van der Waals surface area contributed by atoms with E-state index in [0.29, 0.717) is 36.6 Å². The Hall–Kier alpha value is -2.91. The van der Waals surface area contributed by atoms with Crippen LogP contribution < -0.4 is 16.0 Å². The van der Waals surface area contributed by atoms with E-state index in [2.05, 4.69) is 31.8 Å². The molecule has 0 aliphatic heterocycles. The molecule has 1 atom stereocenters. The van der Waals surface area contributed by atoms with E-state index in [1.54, 1.807) is 18.0 Å². The summed E-state index contributed by atoms with van der Waals surface area (Å²) in [6, 6.07) is 5.98. The van der Waals surface area contributed by atoms with Crippen LogP contribution in [0.3, 0.4) is 0 Å². The summed E-state index contributed by atoms with van der Waals surface area (Å²) in [4.78, 5) is 30.9. The highest BCUT2D eigenvalue weighted by molar-refractivity contribution is 5.70. The molecule has 9 heteroatoms. The minimum absolute atomic E-state index is 0.0221. The highest BCUT2D eigenvalue weighted by Crippen LogP contribution is 2.27. The Labute approximate surface area is 205 Å². The Morgan fingerprint density at radius 1 is 1.11 bits per heavy atom. The van der Waals surface area contributed by atoms with Crippen LogP contribution in [-0.4, -0.2) is 50.2 Å². The summed E-state index contributed by atoms with van der Waals surface area (Å²) in [5.41, 5.74) is 1.88. The van der Waals surface area contributed by atoms with Crippen molar-refractivity contribution in [2.75, 3.05) is 20.3 Å². The second-order valence-electron chi connectivity index (χ2n) is 10.5. The molecule has 0 spiro atoms. The molecule has 3 aromatic rings. The lowest BCUT2D eigenvalue weighted by atomic mass is 9.86. The lowest BCUT2D eigenvalue weighted by Gasteiger charge is -2.21. The average Bonchev–Trinajstić information content (AvgIpc) is 3.20. The predicted molar refractivity (Wildman–Crippen MR) is 136 cm³/mol. The van der Waals surface area contributed by atoms with Gasteiger partial charge in [0.15, 0.2) is 11.2 Å². The summed E-state index contributed by atoms with van der Waals surface area (Å²) in [6.07, 6.45) is 0.498. The standard InChI is InChI=1S/C26H38N4O5/c1-17(2)13-29-23-22(28(16-27-23)10-11-34-7)24(32)30(25(29)33)14-20(31)15-35-21-9-8-19(12-18(21)3)26(4,5)6/h8-9,12,16-17,20,31H,10-11,13-15H2,1-7H3. The van der Waals surface area contributed by atoms with Gasteiger partial charge in [-0.1, -0.05) is 46.8 Å². The maximum Gasteiger partial charge on any atom is 0.332 e. The molecular weight excluding hydrogens is 448 g/mol. The van der Waals surface area contributed by atoms with E-state index >= 15 is 0 Å². The van der Waals surface area contributed by atoms with Crippen molar-refractivity contribution in [3.05, 3.63) is 56.5 Å². The summed E-state index contributed by atoms with van der Waals surface area (Å²) in [7, 11) is 1.58. The third-order valence-electron chi connectivity index (χ3n) is 5.93. The molecule has 1 aromatic carbocycles. The number of hydrogen-bond acceptors (Lipinski definition) is 6. The van der Waals surface area contributed by atoms with Crippen LogP contribution in [0.25, 0.3) is 11.2 Å². The van der Waals surface area contributed by atoms with E-state index in [1.165, 1.54) is 10.1 Å². The van der Waals surface area contributed by atoms with Crippen LogP contribution in [0.1, 0.15) is 45.7 Å². The number of aliphatic hydroxyl groups is 1. The molecule has 0 aliphatic rings. The fourth-order valence-electron chi connectivity index (χ4n) is 4.02. The van der Waals surface area contributed by atoms with Crippen LogP contribution in [-0.2, 0) is 29.8 Å². The first-order valence-corrected chi connectivity index (χ1v) is 12.0. The number of hydrogen-bond donors (Lipinski definition) is 1. The summed E-state index contributed by atoms with van der Waals surface area (Å²) >= 11 is 0. The maximum atomic E-state index is 13.3. The predicted octanol–water partition coefficient (Wildman–Crippen LogP) is 2.71. The maximum absolute atomic E-state index is 13.3. The van der Waals surface area contributed by atoms with Crippen molar-refractivity contribution < 1.29 is 14.6 Å². The number of rotatable bonds is 10. The van der Waals surface area contributed by atoms with Gasteiger partial charge in [0, 0.05) is 20.2 Å². The molecule has 0 saturated carbocycles. The number of nitrogens with zero attached hydrogens (tertiary/aromatic N) is 4. The zero-order valence-electron chi connectivity index (χ0n) is 21.9. The Morgan fingerprint density at radius 2 is 1.83 bits per heavy atom. The van der Waals surface area contributed by atoms with Gasteiger partial charge in [0.2, 0.25) is 0 Å². The van der Waals surface area contributed by atoms with Gasteiger partial charge in [-0.2, -0.15) is 0 Å². The molecule has 1 N–H and O–H groups in total. The van der Waals surface area contributed by atoms with Gasteiger partial charge in [-0.15, -0.1) is 0 Å². The van der Waals surface area contributed by atoms with Crippen molar-refractivity contribution in [3.63, 3.8) is 0 Å². The fraction of sp³-hybridized carbons (Fsp3) is 0.577. The van der Waals surface area contributed by atoms with Crippen LogP contribution >= 0.6 is 0 Å². The summed E-state index contributed by atoms with van der Waals surface area (Å²) in [5.74, 6) is 0.827. The van der Waals surface area contributed by atoms with Gasteiger partial charge in [0.05, 0.1) is 19.5 Å². The van der Waals surface area contributed by atoms with Crippen molar-refractivity contribution in [3.8, 4) is 5.75 Å². The van der Waals surface area contributed by atoms with E-state index in [-0.39, 0.29) is 24.5 Å². The van der Waals surface area contributed by atoms with Crippen molar-refractivity contribution in [2.24, 2.45) is 5.92 Å². The molecule has 2 aromatic heterocycles. The first-order chi connectivity index (χ1) is 16.4. The number of benzene rings is 1. The number of ether oxygens (including phenoxy) is 2. The van der Waals surface area contributed by atoms with Gasteiger partial charge < -0.3 is 19.1 Å². The van der Waals surface area contributed by atoms with Crippen LogP contribution in [0.5, 0.6) is 5.75 Å². The number of imidazole rings is 1. The normalized spacial score (nSPS) is 13.1. The van der Waals surface area contributed by atoms with Gasteiger partial charge in [-0.25, -0.2) is 9.78 Å². The summed E-state index contributed by atoms with van der Waals surface area (Å²) < 4.78 is 15.3. The molecule has 1 unspecified atom stereocenters. The minimum Gasteiger partial charge on any atom is -0.491 e. The van der Waals surface area contributed by atoms with Crippen LogP contribution in [0.15, 0.2) is 34.1 Å². The van der Waals surface area contributed by atoms with Crippen molar-refractivity contribution in [1.29, 1.82) is 0 Å². The Kier molecular flexibility index (Phi) is 8.22. The molecule has 35 heavy (non-hydrogen) atoms. The molecule has 2 heterocycles. The molecule has 9 nitrogen and oxygen atoms in total. The zero-order valence-corrected chi connectivity index (χ0v) is 21.9. The molecule has 0 fully saturated rings. The third kappa shape index (κ3) is 6.02. The molecule has 0 saturated heterocycles.